The molecule has 2 heteroatoms. The molecule has 0 amide bonds. The zero-order chi connectivity index (χ0) is 7.94. The monoisotopic (exact) mass is 151 g/mol. The van der Waals surface area contributed by atoms with E-state index in [0.717, 1.165) is 12.3 Å². The van der Waals surface area contributed by atoms with Gasteiger partial charge in [-0.3, -0.25) is 0 Å². The van der Waals surface area contributed by atoms with Gasteiger partial charge in [-0.15, -0.1) is 0 Å². The summed E-state index contributed by atoms with van der Waals surface area (Å²) >= 11 is 0. The van der Waals surface area contributed by atoms with Gasteiger partial charge in [0.15, 0.2) is 0 Å². The standard InChI is InChI=1S/C9H13NO/c1-2-11-8-10-9-6-4-3-5-7-9/h3-7,10H,2,8H2,1H3. The maximum Gasteiger partial charge on any atom is 0.116 e. The van der Waals surface area contributed by atoms with Gasteiger partial charge >= 0.3 is 0 Å². The Morgan fingerprint density at radius 1 is 1.27 bits per heavy atom. The first-order valence-electron chi connectivity index (χ1n) is 3.80. The molecule has 1 aromatic carbocycles. The zero-order valence-corrected chi connectivity index (χ0v) is 6.71. The Morgan fingerprint density at radius 3 is 2.64 bits per heavy atom. The SMILES string of the molecule is CCOCNc1ccccc1. The first kappa shape index (κ1) is 8.08. The van der Waals surface area contributed by atoms with Crippen LogP contribution in [0.15, 0.2) is 30.3 Å². The molecule has 0 atom stereocenters. The molecule has 0 saturated heterocycles. The normalized spacial score (nSPS) is 9.55. The van der Waals surface area contributed by atoms with Crippen LogP contribution in [0.1, 0.15) is 6.92 Å². The first-order chi connectivity index (χ1) is 5.43. The van der Waals surface area contributed by atoms with E-state index >= 15 is 0 Å². The van der Waals surface area contributed by atoms with Gasteiger partial charge in [0, 0.05) is 12.3 Å². The summed E-state index contributed by atoms with van der Waals surface area (Å²) in [7, 11) is 0. The fraction of sp³-hybridized carbons (Fsp3) is 0.333. The summed E-state index contributed by atoms with van der Waals surface area (Å²) in [6.45, 7) is 3.31. The third-order valence-corrected chi connectivity index (χ3v) is 1.36. The molecule has 0 spiro atoms. The lowest BCUT2D eigenvalue weighted by Crippen LogP contribution is -2.04. The van der Waals surface area contributed by atoms with Crippen LogP contribution in [0.3, 0.4) is 0 Å². The van der Waals surface area contributed by atoms with Crippen molar-refractivity contribution in [2.75, 3.05) is 18.7 Å². The van der Waals surface area contributed by atoms with E-state index in [1.165, 1.54) is 0 Å². The van der Waals surface area contributed by atoms with Crippen LogP contribution in [0.2, 0.25) is 0 Å². The van der Waals surface area contributed by atoms with Crippen molar-refractivity contribution < 1.29 is 4.74 Å². The highest BCUT2D eigenvalue weighted by molar-refractivity contribution is 5.41. The summed E-state index contributed by atoms with van der Waals surface area (Å²) in [6, 6.07) is 10.0. The van der Waals surface area contributed by atoms with E-state index in [-0.39, 0.29) is 0 Å². The molecule has 60 valence electrons. The van der Waals surface area contributed by atoms with Crippen molar-refractivity contribution in [3.05, 3.63) is 30.3 Å². The second-order valence-corrected chi connectivity index (χ2v) is 2.18. The number of benzene rings is 1. The van der Waals surface area contributed by atoms with Gasteiger partial charge in [-0.1, -0.05) is 18.2 Å². The third kappa shape index (κ3) is 3.05. The predicted octanol–water partition coefficient (Wildman–Crippen LogP) is 2.09. The summed E-state index contributed by atoms with van der Waals surface area (Å²) in [6.07, 6.45) is 0. The predicted molar refractivity (Wildman–Crippen MR) is 46.6 cm³/mol. The smallest absolute Gasteiger partial charge is 0.116 e. The molecule has 0 heterocycles. The van der Waals surface area contributed by atoms with E-state index in [1.807, 2.05) is 37.3 Å². The molecule has 0 aliphatic rings. The van der Waals surface area contributed by atoms with Gasteiger partial charge in [0.1, 0.15) is 6.73 Å². The molecule has 2 nitrogen and oxygen atoms in total. The van der Waals surface area contributed by atoms with Crippen LogP contribution >= 0.6 is 0 Å². The van der Waals surface area contributed by atoms with E-state index in [9.17, 15) is 0 Å². The van der Waals surface area contributed by atoms with E-state index in [0.29, 0.717) is 6.73 Å². The quantitative estimate of drug-likeness (QED) is 0.525. The minimum Gasteiger partial charge on any atom is -0.363 e. The summed E-state index contributed by atoms with van der Waals surface area (Å²) < 4.78 is 5.13. The highest BCUT2D eigenvalue weighted by Crippen LogP contribution is 2.03. The van der Waals surface area contributed by atoms with Crippen LogP contribution in [0, 0.1) is 0 Å². The highest BCUT2D eigenvalue weighted by atomic mass is 16.5. The van der Waals surface area contributed by atoms with E-state index < -0.39 is 0 Å². The number of hydrogen-bond donors (Lipinski definition) is 1. The van der Waals surface area contributed by atoms with Crippen molar-refractivity contribution in [2.24, 2.45) is 0 Å². The van der Waals surface area contributed by atoms with Gasteiger partial charge in [0.25, 0.3) is 0 Å². The fourth-order valence-electron chi connectivity index (χ4n) is 0.792. The molecule has 1 N–H and O–H groups in total. The number of ether oxygens (including phenoxy) is 1. The maximum absolute atomic E-state index is 5.13. The molecule has 0 aliphatic carbocycles. The molecule has 0 fully saturated rings. The van der Waals surface area contributed by atoms with Gasteiger partial charge in [0.2, 0.25) is 0 Å². The summed E-state index contributed by atoms with van der Waals surface area (Å²) in [5, 5.41) is 3.12. The lowest BCUT2D eigenvalue weighted by molar-refractivity contribution is 0.167. The van der Waals surface area contributed by atoms with Crippen LogP contribution in [0.4, 0.5) is 5.69 Å². The number of hydrogen-bond acceptors (Lipinski definition) is 2. The largest absolute Gasteiger partial charge is 0.363 e. The summed E-state index contributed by atoms with van der Waals surface area (Å²) in [5.74, 6) is 0. The molecule has 0 aliphatic heterocycles. The zero-order valence-electron chi connectivity index (χ0n) is 6.71. The van der Waals surface area contributed by atoms with Gasteiger partial charge in [-0.2, -0.15) is 0 Å². The Morgan fingerprint density at radius 2 is 2.00 bits per heavy atom. The number of nitrogens with one attached hydrogen (secondary N) is 1. The molecule has 0 bridgehead atoms. The van der Waals surface area contributed by atoms with Crippen molar-refractivity contribution in [1.82, 2.24) is 0 Å². The van der Waals surface area contributed by atoms with Crippen LogP contribution in [-0.4, -0.2) is 13.3 Å². The van der Waals surface area contributed by atoms with Crippen molar-refractivity contribution in [3.8, 4) is 0 Å². The fourth-order valence-corrected chi connectivity index (χ4v) is 0.792. The van der Waals surface area contributed by atoms with Gasteiger partial charge in [-0.05, 0) is 19.1 Å². The van der Waals surface area contributed by atoms with Crippen molar-refractivity contribution in [1.29, 1.82) is 0 Å². The minimum absolute atomic E-state index is 0.584. The highest BCUT2D eigenvalue weighted by Gasteiger charge is 1.85. The Labute approximate surface area is 67.2 Å². The lowest BCUT2D eigenvalue weighted by atomic mass is 10.3. The van der Waals surface area contributed by atoms with Crippen molar-refractivity contribution >= 4 is 5.69 Å². The topological polar surface area (TPSA) is 21.3 Å². The molecule has 0 unspecified atom stereocenters. The minimum atomic E-state index is 0.584. The van der Waals surface area contributed by atoms with Gasteiger partial charge in [-0.25, -0.2) is 0 Å². The second kappa shape index (κ2) is 4.74. The number of para-hydroxylation sites is 1. The molecular formula is C9H13NO. The lowest BCUT2D eigenvalue weighted by Gasteiger charge is -2.04. The summed E-state index contributed by atoms with van der Waals surface area (Å²) in [5.41, 5.74) is 1.10. The molecular weight excluding hydrogens is 138 g/mol. The van der Waals surface area contributed by atoms with Gasteiger partial charge in [0.05, 0.1) is 0 Å². The van der Waals surface area contributed by atoms with E-state index in [2.05, 4.69) is 5.32 Å². The van der Waals surface area contributed by atoms with E-state index in [1.54, 1.807) is 0 Å². The Balaban J connectivity index is 2.28. The van der Waals surface area contributed by atoms with E-state index in [4.69, 9.17) is 4.74 Å². The van der Waals surface area contributed by atoms with Crippen LogP contribution in [0.5, 0.6) is 0 Å². The third-order valence-electron chi connectivity index (χ3n) is 1.36. The van der Waals surface area contributed by atoms with Crippen LogP contribution < -0.4 is 5.32 Å². The maximum atomic E-state index is 5.13. The van der Waals surface area contributed by atoms with Crippen molar-refractivity contribution in [2.45, 2.75) is 6.92 Å². The molecule has 1 aromatic rings. The second-order valence-electron chi connectivity index (χ2n) is 2.18. The first-order valence-corrected chi connectivity index (χ1v) is 3.80. The average molecular weight is 151 g/mol. The summed E-state index contributed by atoms with van der Waals surface area (Å²) in [4.78, 5) is 0. The average Bonchev–Trinajstić information content (AvgIpc) is 2.07. The van der Waals surface area contributed by atoms with Crippen molar-refractivity contribution in [3.63, 3.8) is 0 Å². The van der Waals surface area contributed by atoms with Gasteiger partial charge < -0.3 is 10.1 Å². The molecule has 0 saturated carbocycles. The Bertz CT molecular complexity index is 186. The molecule has 1 rings (SSSR count). The Hall–Kier alpha value is -1.02. The van der Waals surface area contributed by atoms with Crippen LogP contribution in [-0.2, 0) is 4.74 Å². The number of rotatable bonds is 4. The molecule has 0 aromatic heterocycles. The molecule has 0 radical (unpaired) electrons. The van der Waals surface area contributed by atoms with Crippen LogP contribution in [0.25, 0.3) is 0 Å². The Kier molecular flexibility index (Phi) is 3.48. The molecule has 11 heavy (non-hydrogen) atoms. The number of anilines is 1.